The summed E-state index contributed by atoms with van der Waals surface area (Å²) < 4.78 is 61.5. The van der Waals surface area contributed by atoms with E-state index >= 15 is 0 Å². The fourth-order valence-corrected chi connectivity index (χ4v) is 2.51. The van der Waals surface area contributed by atoms with Crippen LogP contribution in [0.3, 0.4) is 0 Å². The van der Waals surface area contributed by atoms with Gasteiger partial charge >= 0.3 is 0 Å². The van der Waals surface area contributed by atoms with E-state index in [1.165, 1.54) is 6.07 Å². The van der Waals surface area contributed by atoms with Gasteiger partial charge in [-0.25, -0.2) is 21.2 Å². The molecule has 2 N–H and O–H groups in total. The highest BCUT2D eigenvalue weighted by Gasteiger charge is 2.12. The standard InChI is InChI=1S/C8H10BrFN2O4S2/c1-17(13,14)12-8-4-6(2-3-7(8)10)11-18(15,16)5-9/h2-4,11-12H,5H2,1H3. The summed E-state index contributed by atoms with van der Waals surface area (Å²) in [6.07, 6.45) is 0.863. The van der Waals surface area contributed by atoms with Crippen LogP contribution in [0.1, 0.15) is 0 Å². The molecular weight excluding hydrogens is 351 g/mol. The lowest BCUT2D eigenvalue weighted by atomic mass is 10.3. The number of hydrogen-bond donors (Lipinski definition) is 2. The highest BCUT2D eigenvalue weighted by Crippen LogP contribution is 2.21. The first-order valence-corrected chi connectivity index (χ1v) is 9.13. The highest BCUT2D eigenvalue weighted by molar-refractivity contribution is 9.10. The summed E-state index contributed by atoms with van der Waals surface area (Å²) in [4.78, 5) is 0. The first-order valence-electron chi connectivity index (χ1n) is 4.47. The van der Waals surface area contributed by atoms with Crippen molar-refractivity contribution in [2.24, 2.45) is 0 Å². The summed E-state index contributed by atoms with van der Waals surface area (Å²) in [6.45, 7) is 0. The van der Waals surface area contributed by atoms with Crippen LogP contribution in [0.2, 0.25) is 0 Å². The van der Waals surface area contributed by atoms with E-state index in [1.54, 1.807) is 0 Å². The van der Waals surface area contributed by atoms with Crippen LogP contribution in [0.4, 0.5) is 15.8 Å². The minimum absolute atomic E-state index is 0.0574. The number of halogens is 2. The van der Waals surface area contributed by atoms with Crippen LogP contribution in [0.5, 0.6) is 0 Å². The van der Waals surface area contributed by atoms with Gasteiger partial charge in [-0.2, -0.15) is 0 Å². The second-order valence-corrected chi connectivity index (χ2v) is 8.17. The molecule has 10 heteroatoms. The fourth-order valence-electron chi connectivity index (χ4n) is 1.07. The van der Waals surface area contributed by atoms with Crippen molar-refractivity contribution in [1.29, 1.82) is 0 Å². The number of alkyl halides is 1. The Hall–Kier alpha value is -0.870. The predicted molar refractivity (Wildman–Crippen MR) is 71.2 cm³/mol. The van der Waals surface area contributed by atoms with Crippen LogP contribution in [0.25, 0.3) is 0 Å². The Balaban J connectivity index is 3.09. The molecule has 102 valence electrons. The molecule has 0 amide bonds. The Labute approximate surface area is 113 Å². The number of nitrogens with one attached hydrogen (secondary N) is 2. The molecule has 0 radical (unpaired) electrons. The molecule has 1 aromatic carbocycles. The third-order valence-electron chi connectivity index (χ3n) is 1.68. The summed E-state index contributed by atoms with van der Waals surface area (Å²) in [5.41, 5.74) is -0.269. The van der Waals surface area contributed by atoms with Gasteiger partial charge in [-0.3, -0.25) is 9.44 Å². The largest absolute Gasteiger partial charge is 0.283 e. The molecule has 1 rings (SSSR count). The van der Waals surface area contributed by atoms with E-state index in [0.717, 1.165) is 18.4 Å². The van der Waals surface area contributed by atoms with E-state index in [0.29, 0.717) is 0 Å². The van der Waals surface area contributed by atoms with E-state index in [9.17, 15) is 21.2 Å². The zero-order valence-corrected chi connectivity index (χ0v) is 12.4. The zero-order valence-electron chi connectivity index (χ0n) is 9.14. The molecule has 0 bridgehead atoms. The molecule has 0 aliphatic rings. The van der Waals surface area contributed by atoms with Crippen molar-refractivity contribution in [3.05, 3.63) is 24.0 Å². The molecule has 0 aliphatic heterocycles. The normalized spacial score (nSPS) is 12.2. The predicted octanol–water partition coefficient (Wildman–Crippen LogP) is 1.29. The molecule has 0 saturated carbocycles. The maximum Gasteiger partial charge on any atom is 0.242 e. The molecular formula is C8H10BrFN2O4S2. The highest BCUT2D eigenvalue weighted by atomic mass is 79.9. The molecule has 0 atom stereocenters. The molecule has 6 nitrogen and oxygen atoms in total. The van der Waals surface area contributed by atoms with Crippen molar-refractivity contribution in [2.75, 3.05) is 20.4 Å². The smallest absolute Gasteiger partial charge is 0.242 e. The van der Waals surface area contributed by atoms with Crippen molar-refractivity contribution >= 4 is 47.4 Å². The van der Waals surface area contributed by atoms with E-state index in [1.807, 2.05) is 4.72 Å². The average Bonchev–Trinajstić information content (AvgIpc) is 2.21. The molecule has 0 saturated heterocycles. The van der Waals surface area contributed by atoms with Gasteiger partial charge in [-0.05, 0) is 18.2 Å². The lowest BCUT2D eigenvalue weighted by Gasteiger charge is -2.09. The summed E-state index contributed by atoms with van der Waals surface area (Å²) >= 11 is 2.77. The van der Waals surface area contributed by atoms with Gasteiger partial charge in [-0.15, -0.1) is 0 Å². The zero-order chi connectivity index (χ0) is 14.0. The van der Waals surface area contributed by atoms with Gasteiger partial charge in [-0.1, -0.05) is 15.9 Å². The first-order chi connectivity index (χ1) is 8.13. The van der Waals surface area contributed by atoms with E-state index in [2.05, 4.69) is 20.7 Å². The van der Waals surface area contributed by atoms with Gasteiger partial charge in [0, 0.05) is 0 Å². The van der Waals surface area contributed by atoms with Gasteiger partial charge < -0.3 is 0 Å². The first kappa shape index (κ1) is 15.2. The summed E-state index contributed by atoms with van der Waals surface area (Å²) in [5, 5.41) is 0. The SMILES string of the molecule is CS(=O)(=O)Nc1cc(NS(=O)(=O)CBr)ccc1F. The minimum Gasteiger partial charge on any atom is -0.283 e. The third-order valence-corrected chi connectivity index (χ3v) is 4.91. The molecule has 1 aromatic rings. The van der Waals surface area contributed by atoms with E-state index in [-0.39, 0.29) is 16.0 Å². The van der Waals surface area contributed by atoms with E-state index in [4.69, 9.17) is 0 Å². The molecule has 0 spiro atoms. The second kappa shape index (κ2) is 5.41. The van der Waals surface area contributed by atoms with Gasteiger partial charge in [0.1, 0.15) is 10.5 Å². The number of rotatable bonds is 5. The number of sulfonamides is 2. The molecule has 0 heterocycles. The van der Waals surface area contributed by atoms with Crippen molar-refractivity contribution in [2.45, 2.75) is 0 Å². The Morgan fingerprint density at radius 2 is 1.83 bits per heavy atom. The van der Waals surface area contributed by atoms with Crippen molar-refractivity contribution in [3.8, 4) is 0 Å². The minimum atomic E-state index is -3.64. The van der Waals surface area contributed by atoms with Crippen LogP contribution in [0.15, 0.2) is 18.2 Å². The monoisotopic (exact) mass is 360 g/mol. The Kier molecular flexibility index (Phi) is 4.56. The Morgan fingerprint density at radius 3 is 2.33 bits per heavy atom. The van der Waals surface area contributed by atoms with Crippen LogP contribution in [-0.2, 0) is 20.0 Å². The topological polar surface area (TPSA) is 92.3 Å². The van der Waals surface area contributed by atoms with Gasteiger partial charge in [0.05, 0.1) is 17.6 Å². The maximum atomic E-state index is 13.3. The third kappa shape index (κ3) is 4.78. The number of benzene rings is 1. The van der Waals surface area contributed by atoms with Crippen LogP contribution < -0.4 is 9.44 Å². The Bertz CT molecular complexity index is 645. The van der Waals surface area contributed by atoms with Crippen molar-refractivity contribution < 1.29 is 21.2 Å². The summed E-state index contributed by atoms with van der Waals surface area (Å²) in [5.74, 6) is -0.804. The molecule has 18 heavy (non-hydrogen) atoms. The van der Waals surface area contributed by atoms with Gasteiger partial charge in [0.15, 0.2) is 0 Å². The average molecular weight is 361 g/mol. The molecule has 0 fully saturated rings. The lowest BCUT2D eigenvalue weighted by molar-refractivity contribution is 0.603. The number of hydrogen-bond acceptors (Lipinski definition) is 4. The van der Waals surface area contributed by atoms with Crippen molar-refractivity contribution in [3.63, 3.8) is 0 Å². The van der Waals surface area contributed by atoms with Crippen molar-refractivity contribution in [1.82, 2.24) is 0 Å². The lowest BCUT2D eigenvalue weighted by Crippen LogP contribution is -2.14. The number of anilines is 2. The molecule has 0 aliphatic carbocycles. The molecule has 0 unspecified atom stereocenters. The summed E-state index contributed by atoms with van der Waals surface area (Å²) in [7, 11) is -7.22. The summed E-state index contributed by atoms with van der Waals surface area (Å²) in [6, 6.07) is 3.19. The van der Waals surface area contributed by atoms with Gasteiger partial charge in [0.2, 0.25) is 20.0 Å². The van der Waals surface area contributed by atoms with E-state index < -0.39 is 25.9 Å². The fraction of sp³-hybridized carbons (Fsp3) is 0.250. The van der Waals surface area contributed by atoms with Crippen LogP contribution in [-0.4, -0.2) is 27.8 Å². The van der Waals surface area contributed by atoms with Crippen LogP contribution in [0, 0.1) is 5.82 Å². The quantitative estimate of drug-likeness (QED) is 0.773. The molecule has 0 aromatic heterocycles. The second-order valence-electron chi connectivity index (χ2n) is 3.39. The van der Waals surface area contributed by atoms with Gasteiger partial charge in [0.25, 0.3) is 0 Å². The van der Waals surface area contributed by atoms with Crippen LogP contribution >= 0.6 is 15.9 Å². The Morgan fingerprint density at radius 1 is 1.22 bits per heavy atom. The maximum absolute atomic E-state index is 13.3.